The number of benzene rings is 1. The lowest BCUT2D eigenvalue weighted by atomic mass is 10.2. The molecule has 1 saturated carbocycles. The van der Waals surface area contributed by atoms with Gasteiger partial charge in [0.1, 0.15) is 5.82 Å². The first kappa shape index (κ1) is 14.0. The molecule has 0 atom stereocenters. The van der Waals surface area contributed by atoms with Gasteiger partial charge in [0.15, 0.2) is 0 Å². The topological polar surface area (TPSA) is 50.2 Å². The molecule has 1 aromatic heterocycles. The predicted molar refractivity (Wildman–Crippen MR) is 88.3 cm³/mol. The highest BCUT2D eigenvalue weighted by molar-refractivity contribution is 6.35. The van der Waals surface area contributed by atoms with Crippen LogP contribution in [0.5, 0.6) is 0 Å². The van der Waals surface area contributed by atoms with E-state index in [9.17, 15) is 4.79 Å². The van der Waals surface area contributed by atoms with Crippen molar-refractivity contribution in [1.29, 1.82) is 0 Å². The van der Waals surface area contributed by atoms with Gasteiger partial charge in [-0.3, -0.25) is 4.79 Å². The Morgan fingerprint density at radius 1 is 1.27 bits per heavy atom. The van der Waals surface area contributed by atoms with Gasteiger partial charge >= 0.3 is 0 Å². The molecule has 2 aromatic rings. The van der Waals surface area contributed by atoms with Gasteiger partial charge in [-0.2, -0.15) is 0 Å². The standard InChI is InChI=1S/C16H19ClN4O/c17-12-2-1-3-13-15(12)16(22)21(20-8-6-18-7-9-20)14(19-13)10-11-4-5-11/h1-3,11,18H,4-10H2. The second kappa shape index (κ2) is 5.56. The average Bonchev–Trinajstić information content (AvgIpc) is 3.32. The van der Waals surface area contributed by atoms with Gasteiger partial charge in [0.25, 0.3) is 5.56 Å². The van der Waals surface area contributed by atoms with E-state index in [1.54, 1.807) is 10.7 Å². The Bertz CT molecular complexity index is 763. The van der Waals surface area contributed by atoms with Crippen molar-refractivity contribution >= 4 is 22.5 Å². The zero-order chi connectivity index (χ0) is 15.1. The minimum absolute atomic E-state index is 0.0341. The summed E-state index contributed by atoms with van der Waals surface area (Å²) in [5.74, 6) is 1.56. The van der Waals surface area contributed by atoms with Gasteiger partial charge in [-0.25, -0.2) is 9.66 Å². The number of aromatic nitrogens is 2. The summed E-state index contributed by atoms with van der Waals surface area (Å²) in [6, 6.07) is 5.49. The molecule has 22 heavy (non-hydrogen) atoms. The molecule has 116 valence electrons. The average molecular weight is 319 g/mol. The molecule has 0 bridgehead atoms. The van der Waals surface area contributed by atoms with Crippen LogP contribution in [0.25, 0.3) is 10.9 Å². The molecule has 2 aliphatic rings. The van der Waals surface area contributed by atoms with E-state index in [1.165, 1.54) is 12.8 Å². The van der Waals surface area contributed by atoms with Crippen LogP contribution < -0.4 is 15.9 Å². The number of hydrogen-bond acceptors (Lipinski definition) is 4. The van der Waals surface area contributed by atoms with Crippen LogP contribution >= 0.6 is 11.6 Å². The van der Waals surface area contributed by atoms with Crippen LogP contribution in [-0.4, -0.2) is 35.8 Å². The summed E-state index contributed by atoms with van der Waals surface area (Å²) in [7, 11) is 0. The number of halogens is 1. The van der Waals surface area contributed by atoms with Gasteiger partial charge in [-0.1, -0.05) is 17.7 Å². The predicted octanol–water partition coefficient (Wildman–Crippen LogP) is 1.54. The monoisotopic (exact) mass is 318 g/mol. The summed E-state index contributed by atoms with van der Waals surface area (Å²) >= 11 is 6.26. The van der Waals surface area contributed by atoms with E-state index in [-0.39, 0.29) is 5.56 Å². The number of nitrogens with zero attached hydrogens (tertiary/aromatic N) is 3. The molecule has 1 saturated heterocycles. The smallest absolute Gasteiger partial charge is 0.281 e. The number of piperazine rings is 1. The molecule has 0 spiro atoms. The Kier molecular flexibility index (Phi) is 3.54. The number of hydrogen-bond donors (Lipinski definition) is 1. The summed E-state index contributed by atoms with van der Waals surface area (Å²) < 4.78 is 1.79. The molecule has 1 N–H and O–H groups in total. The first-order valence-electron chi connectivity index (χ1n) is 7.90. The number of nitrogens with one attached hydrogen (secondary N) is 1. The first-order chi connectivity index (χ1) is 10.7. The fraction of sp³-hybridized carbons (Fsp3) is 0.500. The fourth-order valence-corrected chi connectivity index (χ4v) is 3.33. The van der Waals surface area contributed by atoms with Crippen molar-refractivity contribution < 1.29 is 0 Å². The second-order valence-electron chi connectivity index (χ2n) is 6.13. The normalized spacial score (nSPS) is 18.9. The molecule has 2 fully saturated rings. The van der Waals surface area contributed by atoms with Crippen molar-refractivity contribution in [3.8, 4) is 0 Å². The van der Waals surface area contributed by atoms with Crippen LogP contribution in [0.1, 0.15) is 18.7 Å². The molecule has 0 unspecified atom stereocenters. The molecular weight excluding hydrogens is 300 g/mol. The zero-order valence-electron chi connectivity index (χ0n) is 12.4. The molecule has 1 aromatic carbocycles. The minimum Gasteiger partial charge on any atom is -0.313 e. The second-order valence-corrected chi connectivity index (χ2v) is 6.54. The van der Waals surface area contributed by atoms with E-state index in [0.717, 1.165) is 38.4 Å². The van der Waals surface area contributed by atoms with Crippen molar-refractivity contribution in [2.45, 2.75) is 19.3 Å². The largest absolute Gasteiger partial charge is 0.313 e. The van der Waals surface area contributed by atoms with Crippen molar-refractivity contribution in [3.63, 3.8) is 0 Å². The van der Waals surface area contributed by atoms with Crippen LogP contribution in [0.4, 0.5) is 0 Å². The van der Waals surface area contributed by atoms with Crippen LogP contribution in [0.15, 0.2) is 23.0 Å². The summed E-state index contributed by atoms with van der Waals surface area (Å²) in [6.45, 7) is 3.40. The molecule has 6 heteroatoms. The van der Waals surface area contributed by atoms with Crippen LogP contribution in [0.2, 0.25) is 5.02 Å². The van der Waals surface area contributed by atoms with E-state index in [2.05, 4.69) is 10.3 Å². The lowest BCUT2D eigenvalue weighted by Gasteiger charge is -2.32. The summed E-state index contributed by atoms with van der Waals surface area (Å²) in [4.78, 5) is 17.8. The molecule has 2 heterocycles. The molecule has 1 aliphatic heterocycles. The van der Waals surface area contributed by atoms with Crippen LogP contribution in [0, 0.1) is 5.92 Å². The Labute approximate surface area is 133 Å². The highest BCUT2D eigenvalue weighted by Crippen LogP contribution is 2.32. The Hall–Kier alpha value is -1.59. The molecule has 0 amide bonds. The molecule has 0 radical (unpaired) electrons. The van der Waals surface area contributed by atoms with Gasteiger partial charge in [-0.15, -0.1) is 0 Å². The molecule has 4 rings (SSSR count). The van der Waals surface area contributed by atoms with Gasteiger partial charge in [0, 0.05) is 32.6 Å². The highest BCUT2D eigenvalue weighted by atomic mass is 35.5. The zero-order valence-corrected chi connectivity index (χ0v) is 13.1. The van der Waals surface area contributed by atoms with E-state index in [0.29, 0.717) is 21.8 Å². The summed E-state index contributed by atoms with van der Waals surface area (Å²) in [5.41, 5.74) is 0.674. The summed E-state index contributed by atoms with van der Waals surface area (Å²) in [6.07, 6.45) is 3.36. The van der Waals surface area contributed by atoms with Gasteiger partial charge in [-0.05, 0) is 30.9 Å². The Morgan fingerprint density at radius 3 is 2.77 bits per heavy atom. The van der Waals surface area contributed by atoms with Gasteiger partial charge < -0.3 is 10.3 Å². The highest BCUT2D eigenvalue weighted by Gasteiger charge is 2.27. The Morgan fingerprint density at radius 2 is 2.05 bits per heavy atom. The molecule has 1 aliphatic carbocycles. The van der Waals surface area contributed by atoms with Gasteiger partial charge in [0.2, 0.25) is 0 Å². The third-order valence-corrected chi connectivity index (χ3v) is 4.75. The fourth-order valence-electron chi connectivity index (χ4n) is 3.08. The van der Waals surface area contributed by atoms with E-state index in [1.807, 2.05) is 12.1 Å². The minimum atomic E-state index is -0.0341. The van der Waals surface area contributed by atoms with E-state index < -0.39 is 0 Å². The third-order valence-electron chi connectivity index (χ3n) is 4.44. The third kappa shape index (κ3) is 2.48. The van der Waals surface area contributed by atoms with E-state index in [4.69, 9.17) is 16.6 Å². The van der Waals surface area contributed by atoms with Crippen molar-refractivity contribution in [3.05, 3.63) is 39.4 Å². The van der Waals surface area contributed by atoms with Crippen molar-refractivity contribution in [2.24, 2.45) is 5.92 Å². The van der Waals surface area contributed by atoms with Gasteiger partial charge in [0.05, 0.1) is 15.9 Å². The lowest BCUT2D eigenvalue weighted by Crippen LogP contribution is -2.54. The van der Waals surface area contributed by atoms with Crippen LogP contribution in [0.3, 0.4) is 0 Å². The maximum atomic E-state index is 13.0. The quantitative estimate of drug-likeness (QED) is 0.933. The number of fused-ring (bicyclic) bond motifs is 1. The first-order valence-corrected chi connectivity index (χ1v) is 8.28. The SMILES string of the molecule is O=c1c2c(Cl)cccc2nc(CC2CC2)n1N1CCNCC1. The van der Waals surface area contributed by atoms with Crippen molar-refractivity contribution in [1.82, 2.24) is 15.0 Å². The summed E-state index contributed by atoms with van der Waals surface area (Å²) in [5, 5.41) is 6.44. The van der Waals surface area contributed by atoms with Crippen molar-refractivity contribution in [2.75, 3.05) is 31.2 Å². The maximum absolute atomic E-state index is 13.0. The maximum Gasteiger partial charge on any atom is 0.281 e. The number of rotatable bonds is 3. The van der Waals surface area contributed by atoms with E-state index >= 15 is 0 Å². The molecular formula is C16H19ClN4O. The lowest BCUT2D eigenvalue weighted by molar-refractivity contribution is 0.463. The Balaban J connectivity index is 1.91. The molecule has 5 nitrogen and oxygen atoms in total. The van der Waals surface area contributed by atoms with Crippen LogP contribution in [-0.2, 0) is 6.42 Å².